The maximum Gasteiger partial charge on any atom is 0.430 e. The van der Waals surface area contributed by atoms with Gasteiger partial charge in [0.15, 0.2) is 0 Å². The highest BCUT2D eigenvalue weighted by molar-refractivity contribution is 6.09. The Bertz CT molecular complexity index is 1470. The molecule has 2 N–H and O–H groups in total. The van der Waals surface area contributed by atoms with Crippen LogP contribution in [-0.4, -0.2) is 83.9 Å². The van der Waals surface area contributed by atoms with Gasteiger partial charge in [0.25, 0.3) is 11.5 Å². The van der Waals surface area contributed by atoms with Gasteiger partial charge in [-0.15, -0.1) is 0 Å². The molecule has 9 nitrogen and oxygen atoms in total. The first-order chi connectivity index (χ1) is 21.9. The van der Waals surface area contributed by atoms with E-state index in [2.05, 4.69) is 5.32 Å². The van der Waals surface area contributed by atoms with Gasteiger partial charge in [0.2, 0.25) is 5.91 Å². The molecule has 0 aromatic heterocycles. The highest BCUT2D eigenvalue weighted by Crippen LogP contribution is 2.50. The number of rotatable bonds is 10. The summed E-state index contributed by atoms with van der Waals surface area (Å²) in [7, 11) is 0. The quantitative estimate of drug-likeness (QED) is 0.265. The largest absolute Gasteiger partial charge is 0.494 e. The predicted molar refractivity (Wildman–Crippen MR) is 160 cm³/mol. The molecule has 1 unspecified atom stereocenters. The van der Waals surface area contributed by atoms with E-state index < -0.39 is 59.5 Å². The minimum atomic E-state index is -6.01. The van der Waals surface area contributed by atoms with Gasteiger partial charge in [-0.1, -0.05) is 44.5 Å². The fraction of sp³-hybridized carbons (Fsp3) is 0.531. The zero-order valence-corrected chi connectivity index (χ0v) is 26.5. The monoisotopic (exact) mass is 672 g/mol. The standard InChI is InChI=1S/C32H38F6N4O5/c1-5-7-21-17-23(30(46,31(33,34)35)32(36,37)38)10-13-25(21)41-15-14-40(18-20(41)3)26(43)19-42-27(44)29(4,39-28(42)45)22-8-11-24(12-9-22)47-16-6-2/h8-13,17,20,46H,5-7,14-16,18-19H2,1-4H3,(H,39,45)/t20?,29-/m0/s1. The molecule has 2 atom stereocenters. The molecule has 4 amide bonds. The SMILES string of the molecule is CCCOc1ccc([C@]2(C)NC(=O)N(CC(=O)N3CCN(c4ccc(C(O)(C(F)(F)F)C(F)(F)F)cc4CCC)C(C)C3)C2=O)cc1. The number of anilines is 1. The van der Waals surface area contributed by atoms with E-state index in [-0.39, 0.29) is 31.6 Å². The van der Waals surface area contributed by atoms with Crippen molar-refractivity contribution in [1.82, 2.24) is 15.1 Å². The van der Waals surface area contributed by atoms with Crippen molar-refractivity contribution in [1.29, 1.82) is 0 Å². The predicted octanol–water partition coefficient (Wildman–Crippen LogP) is 5.24. The highest BCUT2D eigenvalue weighted by Gasteiger charge is 2.71. The van der Waals surface area contributed by atoms with Gasteiger partial charge >= 0.3 is 18.4 Å². The molecule has 2 heterocycles. The number of hydrogen-bond acceptors (Lipinski definition) is 6. The van der Waals surface area contributed by atoms with Crippen LogP contribution >= 0.6 is 0 Å². The molecular weight excluding hydrogens is 634 g/mol. The van der Waals surface area contributed by atoms with Crippen molar-refractivity contribution in [2.45, 2.75) is 76.5 Å². The summed E-state index contributed by atoms with van der Waals surface area (Å²) in [5, 5.41) is 12.6. The first kappa shape index (κ1) is 35.8. The van der Waals surface area contributed by atoms with Crippen LogP contribution in [0.5, 0.6) is 5.75 Å². The lowest BCUT2D eigenvalue weighted by Crippen LogP contribution is -2.56. The van der Waals surface area contributed by atoms with Crippen molar-refractivity contribution in [2.75, 3.05) is 37.7 Å². The number of nitrogens with zero attached hydrogens (tertiary/aromatic N) is 3. The summed E-state index contributed by atoms with van der Waals surface area (Å²) in [6.45, 7) is 7.38. The van der Waals surface area contributed by atoms with Crippen LogP contribution in [0.4, 0.5) is 36.8 Å². The van der Waals surface area contributed by atoms with Crippen molar-refractivity contribution < 1.29 is 50.6 Å². The van der Waals surface area contributed by atoms with Crippen LogP contribution < -0.4 is 15.0 Å². The fourth-order valence-corrected chi connectivity index (χ4v) is 5.97. The van der Waals surface area contributed by atoms with Gasteiger partial charge in [-0.2, -0.15) is 26.3 Å². The van der Waals surface area contributed by atoms with Gasteiger partial charge < -0.3 is 25.0 Å². The molecule has 258 valence electrons. The molecule has 0 spiro atoms. The van der Waals surface area contributed by atoms with Gasteiger partial charge in [-0.05, 0) is 56.0 Å². The Hall–Kier alpha value is -4.01. The van der Waals surface area contributed by atoms with Gasteiger partial charge in [0.1, 0.15) is 17.8 Å². The molecule has 2 saturated heterocycles. The molecule has 0 radical (unpaired) electrons. The summed E-state index contributed by atoms with van der Waals surface area (Å²) < 4.78 is 86.8. The summed E-state index contributed by atoms with van der Waals surface area (Å²) in [6, 6.07) is 8.06. The third kappa shape index (κ3) is 6.72. The number of nitrogens with one attached hydrogen (secondary N) is 1. The second-order valence-electron chi connectivity index (χ2n) is 12.0. The van der Waals surface area contributed by atoms with Crippen LogP contribution in [0, 0.1) is 0 Å². The Morgan fingerprint density at radius 3 is 2.19 bits per heavy atom. The van der Waals surface area contributed by atoms with Crippen LogP contribution in [0.2, 0.25) is 0 Å². The lowest BCUT2D eigenvalue weighted by Gasteiger charge is -2.42. The minimum absolute atomic E-state index is 0.112. The van der Waals surface area contributed by atoms with E-state index in [0.717, 1.165) is 23.5 Å². The Labute approximate surface area is 268 Å². The van der Waals surface area contributed by atoms with Gasteiger partial charge in [-0.3, -0.25) is 14.5 Å². The maximum absolute atomic E-state index is 13.5. The molecule has 0 saturated carbocycles. The van der Waals surface area contributed by atoms with Crippen molar-refractivity contribution in [3.63, 3.8) is 0 Å². The molecule has 0 aliphatic carbocycles. The van der Waals surface area contributed by atoms with E-state index in [0.29, 0.717) is 36.1 Å². The summed E-state index contributed by atoms with van der Waals surface area (Å²) >= 11 is 0. The number of ether oxygens (including phenoxy) is 1. The molecule has 2 fully saturated rings. The number of aliphatic hydroxyl groups is 1. The average Bonchev–Trinajstić information content (AvgIpc) is 3.22. The van der Waals surface area contributed by atoms with Crippen LogP contribution in [0.1, 0.15) is 57.2 Å². The number of carbonyl (C=O) groups is 3. The van der Waals surface area contributed by atoms with Gasteiger partial charge in [0.05, 0.1) is 6.61 Å². The Morgan fingerprint density at radius 1 is 1.00 bits per heavy atom. The Morgan fingerprint density at radius 2 is 1.64 bits per heavy atom. The third-order valence-electron chi connectivity index (χ3n) is 8.60. The normalized spacial score (nSPS) is 20.9. The molecule has 2 aliphatic heterocycles. The van der Waals surface area contributed by atoms with Gasteiger partial charge in [-0.25, -0.2) is 4.79 Å². The van der Waals surface area contributed by atoms with Crippen LogP contribution in [0.15, 0.2) is 42.5 Å². The summed E-state index contributed by atoms with van der Waals surface area (Å²) in [5.41, 5.74) is -6.69. The average molecular weight is 673 g/mol. The first-order valence-electron chi connectivity index (χ1n) is 15.3. The lowest BCUT2D eigenvalue weighted by molar-refractivity contribution is -0.376. The molecule has 0 bridgehead atoms. The number of aryl methyl sites for hydroxylation is 1. The smallest absolute Gasteiger partial charge is 0.430 e. The van der Waals surface area contributed by atoms with Crippen LogP contribution in [0.25, 0.3) is 0 Å². The molecule has 2 aliphatic rings. The third-order valence-corrected chi connectivity index (χ3v) is 8.60. The Balaban J connectivity index is 1.47. The zero-order chi connectivity index (χ0) is 34.9. The zero-order valence-electron chi connectivity index (χ0n) is 26.5. The van der Waals surface area contributed by atoms with E-state index in [1.54, 1.807) is 49.9 Å². The van der Waals surface area contributed by atoms with E-state index in [1.165, 1.54) is 4.90 Å². The fourth-order valence-electron chi connectivity index (χ4n) is 5.97. The van der Waals surface area contributed by atoms with Crippen LogP contribution in [0.3, 0.4) is 0 Å². The van der Waals surface area contributed by atoms with Crippen LogP contribution in [-0.2, 0) is 27.1 Å². The Kier molecular flexibility index (Phi) is 10.1. The van der Waals surface area contributed by atoms with Crippen molar-refractivity contribution in [3.05, 3.63) is 59.2 Å². The molecule has 4 rings (SSSR count). The topological polar surface area (TPSA) is 102 Å². The second-order valence-corrected chi connectivity index (χ2v) is 12.0. The van der Waals surface area contributed by atoms with Crippen molar-refractivity contribution in [3.8, 4) is 5.75 Å². The molecule has 2 aromatic rings. The second kappa shape index (κ2) is 13.2. The molecular formula is C32H38F6N4O5. The van der Waals surface area contributed by atoms with E-state index in [4.69, 9.17) is 4.74 Å². The number of alkyl halides is 6. The van der Waals surface area contributed by atoms with Crippen molar-refractivity contribution >= 4 is 23.5 Å². The first-order valence-corrected chi connectivity index (χ1v) is 15.3. The number of piperazine rings is 1. The lowest BCUT2D eigenvalue weighted by atomic mass is 9.89. The van der Waals surface area contributed by atoms with Crippen molar-refractivity contribution in [2.24, 2.45) is 0 Å². The number of benzene rings is 2. The number of hydrogen-bond donors (Lipinski definition) is 2. The summed E-state index contributed by atoms with van der Waals surface area (Å²) in [5.74, 6) is -0.498. The number of carbonyl (C=O) groups excluding carboxylic acids is 3. The number of imide groups is 1. The number of urea groups is 1. The maximum atomic E-state index is 13.5. The molecule has 15 heteroatoms. The number of amides is 4. The molecule has 2 aromatic carbocycles. The highest BCUT2D eigenvalue weighted by atomic mass is 19.4. The summed E-state index contributed by atoms with van der Waals surface area (Å²) in [6.07, 6.45) is -10.6. The number of halogens is 6. The summed E-state index contributed by atoms with van der Waals surface area (Å²) in [4.78, 5) is 43.7. The van der Waals surface area contributed by atoms with E-state index in [1.807, 2.05) is 6.92 Å². The minimum Gasteiger partial charge on any atom is -0.494 e. The van der Waals surface area contributed by atoms with E-state index >= 15 is 0 Å². The molecule has 47 heavy (non-hydrogen) atoms. The van der Waals surface area contributed by atoms with Gasteiger partial charge in [0, 0.05) is 36.9 Å². The van der Waals surface area contributed by atoms with E-state index in [9.17, 15) is 45.8 Å².